The summed E-state index contributed by atoms with van der Waals surface area (Å²) in [5.74, 6) is 0.449. The van der Waals surface area contributed by atoms with Crippen molar-refractivity contribution in [2.24, 2.45) is 0 Å². The van der Waals surface area contributed by atoms with E-state index in [2.05, 4.69) is 27.3 Å². The number of aryl methyl sites for hydroxylation is 1. The molecule has 0 aliphatic carbocycles. The van der Waals surface area contributed by atoms with Crippen LogP contribution in [-0.2, 0) is 13.1 Å². The standard InChI is InChI=1S/C15H18N6O2S/c1-3-5-21-8-10(7-16-21)17-15(23)20(2)9-12-18-11-4-6-24-13(11)14(22)19-12/h4,6-8H,3,5,9H2,1-2H3,(H,17,23)(H,18,19,22). The Balaban J connectivity index is 1.67. The average Bonchev–Trinajstić information content (AvgIpc) is 3.17. The summed E-state index contributed by atoms with van der Waals surface area (Å²) in [6.07, 6.45) is 4.37. The van der Waals surface area contributed by atoms with Crippen LogP contribution in [0, 0.1) is 0 Å². The van der Waals surface area contributed by atoms with Gasteiger partial charge in [-0.05, 0) is 17.9 Å². The number of aromatic nitrogens is 4. The number of nitrogens with zero attached hydrogens (tertiary/aromatic N) is 4. The largest absolute Gasteiger partial charge is 0.322 e. The molecule has 0 unspecified atom stereocenters. The van der Waals surface area contributed by atoms with Crippen LogP contribution in [0.1, 0.15) is 19.2 Å². The summed E-state index contributed by atoms with van der Waals surface area (Å²) in [7, 11) is 1.64. The van der Waals surface area contributed by atoms with Crippen molar-refractivity contribution in [1.82, 2.24) is 24.6 Å². The Morgan fingerprint density at radius 2 is 2.33 bits per heavy atom. The Morgan fingerprint density at radius 1 is 1.50 bits per heavy atom. The molecule has 2 N–H and O–H groups in total. The summed E-state index contributed by atoms with van der Waals surface area (Å²) in [6.45, 7) is 3.07. The highest BCUT2D eigenvalue weighted by Gasteiger charge is 2.13. The van der Waals surface area contributed by atoms with Gasteiger partial charge in [-0.3, -0.25) is 9.48 Å². The molecule has 3 aromatic rings. The first kappa shape index (κ1) is 16.2. The Labute approximate surface area is 142 Å². The van der Waals surface area contributed by atoms with E-state index in [9.17, 15) is 9.59 Å². The molecule has 0 bridgehead atoms. The van der Waals surface area contributed by atoms with Crippen molar-refractivity contribution in [3.05, 3.63) is 40.0 Å². The van der Waals surface area contributed by atoms with Crippen LogP contribution in [0.2, 0.25) is 0 Å². The van der Waals surface area contributed by atoms with Gasteiger partial charge in [-0.25, -0.2) is 9.78 Å². The van der Waals surface area contributed by atoms with Gasteiger partial charge in [-0.2, -0.15) is 5.10 Å². The Hall–Kier alpha value is -2.68. The maximum absolute atomic E-state index is 12.2. The van der Waals surface area contributed by atoms with Crippen LogP contribution < -0.4 is 10.9 Å². The number of fused-ring (bicyclic) bond motifs is 1. The smallest absolute Gasteiger partial charge is 0.320 e. The molecule has 0 aliphatic rings. The number of anilines is 1. The third-order valence-corrected chi connectivity index (χ3v) is 4.34. The van der Waals surface area contributed by atoms with Gasteiger partial charge < -0.3 is 15.2 Å². The van der Waals surface area contributed by atoms with E-state index in [1.54, 1.807) is 30.2 Å². The fourth-order valence-corrected chi connectivity index (χ4v) is 3.02. The molecule has 2 amide bonds. The van der Waals surface area contributed by atoms with E-state index in [1.807, 2.05) is 5.38 Å². The van der Waals surface area contributed by atoms with Crippen molar-refractivity contribution in [2.75, 3.05) is 12.4 Å². The Morgan fingerprint density at radius 3 is 3.12 bits per heavy atom. The summed E-state index contributed by atoms with van der Waals surface area (Å²) < 4.78 is 2.37. The van der Waals surface area contributed by atoms with E-state index >= 15 is 0 Å². The van der Waals surface area contributed by atoms with Gasteiger partial charge in [0.1, 0.15) is 10.5 Å². The number of carbonyl (C=O) groups excluding carboxylic acids is 1. The molecule has 0 saturated carbocycles. The van der Waals surface area contributed by atoms with E-state index in [4.69, 9.17) is 0 Å². The van der Waals surface area contributed by atoms with Crippen LogP contribution in [0.5, 0.6) is 0 Å². The van der Waals surface area contributed by atoms with Crippen molar-refractivity contribution in [1.29, 1.82) is 0 Å². The van der Waals surface area contributed by atoms with Crippen LogP contribution in [0.25, 0.3) is 10.2 Å². The molecule has 8 nitrogen and oxygen atoms in total. The highest BCUT2D eigenvalue weighted by atomic mass is 32.1. The molecule has 0 saturated heterocycles. The van der Waals surface area contributed by atoms with E-state index in [0.29, 0.717) is 21.7 Å². The van der Waals surface area contributed by atoms with Crippen molar-refractivity contribution >= 4 is 33.3 Å². The second-order valence-electron chi connectivity index (χ2n) is 5.43. The van der Waals surface area contributed by atoms with Crippen LogP contribution in [-0.4, -0.2) is 37.7 Å². The molecule has 0 aromatic carbocycles. The number of rotatable bonds is 5. The SMILES string of the molecule is CCCn1cc(NC(=O)N(C)Cc2nc3ccsc3c(=O)[nH]2)cn1. The van der Waals surface area contributed by atoms with Crippen LogP contribution in [0.4, 0.5) is 10.5 Å². The highest BCUT2D eigenvalue weighted by molar-refractivity contribution is 7.17. The zero-order valence-corrected chi connectivity index (χ0v) is 14.3. The zero-order valence-electron chi connectivity index (χ0n) is 13.4. The maximum Gasteiger partial charge on any atom is 0.322 e. The number of nitrogens with one attached hydrogen (secondary N) is 2. The molecular formula is C15H18N6O2S. The fraction of sp³-hybridized carbons (Fsp3) is 0.333. The minimum absolute atomic E-state index is 0.181. The van der Waals surface area contributed by atoms with Crippen LogP contribution >= 0.6 is 11.3 Å². The molecule has 0 aliphatic heterocycles. The number of hydrogen-bond donors (Lipinski definition) is 2. The lowest BCUT2D eigenvalue weighted by Gasteiger charge is -2.16. The number of urea groups is 1. The molecule has 0 spiro atoms. The molecule has 0 radical (unpaired) electrons. The quantitative estimate of drug-likeness (QED) is 0.740. The van der Waals surface area contributed by atoms with Gasteiger partial charge in [0.05, 0.1) is 23.9 Å². The average molecular weight is 346 g/mol. The van der Waals surface area contributed by atoms with Gasteiger partial charge in [-0.1, -0.05) is 6.92 Å². The second kappa shape index (κ2) is 6.83. The first-order valence-electron chi connectivity index (χ1n) is 7.57. The Kier molecular flexibility index (Phi) is 4.61. The maximum atomic E-state index is 12.2. The summed E-state index contributed by atoms with van der Waals surface area (Å²) >= 11 is 1.35. The summed E-state index contributed by atoms with van der Waals surface area (Å²) in [5.41, 5.74) is 1.10. The first-order chi connectivity index (χ1) is 11.6. The number of amides is 2. The highest BCUT2D eigenvalue weighted by Crippen LogP contribution is 2.14. The number of H-pyrrole nitrogens is 1. The second-order valence-corrected chi connectivity index (χ2v) is 6.34. The van der Waals surface area contributed by atoms with Gasteiger partial charge in [0.2, 0.25) is 0 Å². The van der Waals surface area contributed by atoms with E-state index < -0.39 is 0 Å². The van der Waals surface area contributed by atoms with E-state index in [0.717, 1.165) is 13.0 Å². The van der Waals surface area contributed by atoms with E-state index in [1.165, 1.54) is 16.2 Å². The minimum atomic E-state index is -0.292. The molecule has 0 fully saturated rings. The van der Waals surface area contributed by atoms with Crippen molar-refractivity contribution in [3.63, 3.8) is 0 Å². The molecule has 3 rings (SSSR count). The fourth-order valence-electron chi connectivity index (χ4n) is 2.29. The molecule has 126 valence electrons. The Bertz CT molecular complexity index is 912. The van der Waals surface area contributed by atoms with Crippen LogP contribution in [0.15, 0.2) is 28.6 Å². The molecule has 3 heterocycles. The van der Waals surface area contributed by atoms with Crippen molar-refractivity contribution < 1.29 is 4.79 Å². The number of hydrogen-bond acceptors (Lipinski definition) is 5. The molecule has 3 aromatic heterocycles. The topological polar surface area (TPSA) is 95.9 Å². The van der Waals surface area contributed by atoms with Crippen LogP contribution in [0.3, 0.4) is 0 Å². The van der Waals surface area contributed by atoms with Gasteiger partial charge in [0.15, 0.2) is 0 Å². The predicted molar refractivity (Wildman–Crippen MR) is 93.2 cm³/mol. The predicted octanol–water partition coefficient (Wildman–Crippen LogP) is 2.25. The van der Waals surface area contributed by atoms with Crippen molar-refractivity contribution in [2.45, 2.75) is 26.4 Å². The lowest BCUT2D eigenvalue weighted by atomic mass is 10.4. The molecular weight excluding hydrogens is 328 g/mol. The zero-order chi connectivity index (χ0) is 17.1. The number of aromatic amines is 1. The summed E-state index contributed by atoms with van der Waals surface area (Å²) in [4.78, 5) is 32.7. The van der Waals surface area contributed by atoms with Crippen molar-refractivity contribution in [3.8, 4) is 0 Å². The van der Waals surface area contributed by atoms with Gasteiger partial charge in [-0.15, -0.1) is 11.3 Å². The van der Waals surface area contributed by atoms with E-state index in [-0.39, 0.29) is 18.1 Å². The molecule has 0 atom stereocenters. The number of carbonyl (C=O) groups is 1. The normalized spacial score (nSPS) is 10.9. The third kappa shape index (κ3) is 3.46. The lowest BCUT2D eigenvalue weighted by molar-refractivity contribution is 0.219. The monoisotopic (exact) mass is 346 g/mol. The molecule has 9 heteroatoms. The molecule has 24 heavy (non-hydrogen) atoms. The minimum Gasteiger partial charge on any atom is -0.320 e. The third-order valence-electron chi connectivity index (χ3n) is 3.43. The van der Waals surface area contributed by atoms with Gasteiger partial charge in [0, 0.05) is 19.8 Å². The summed E-state index contributed by atoms with van der Waals surface area (Å²) in [5, 5.41) is 8.76. The number of thiophene rings is 1. The lowest BCUT2D eigenvalue weighted by Crippen LogP contribution is -2.32. The first-order valence-corrected chi connectivity index (χ1v) is 8.45. The van der Waals surface area contributed by atoms with Gasteiger partial charge >= 0.3 is 6.03 Å². The summed E-state index contributed by atoms with van der Waals surface area (Å²) in [6, 6.07) is 1.50. The van der Waals surface area contributed by atoms with Gasteiger partial charge in [0.25, 0.3) is 5.56 Å².